The summed E-state index contributed by atoms with van der Waals surface area (Å²) in [5.74, 6) is -1.29. The highest BCUT2D eigenvalue weighted by molar-refractivity contribution is 6.18. The molecule has 1 atom stereocenters. The van der Waals surface area contributed by atoms with E-state index in [1.54, 1.807) is 14.0 Å². The van der Waals surface area contributed by atoms with Gasteiger partial charge >= 0.3 is 0 Å². The third-order valence-electron chi connectivity index (χ3n) is 2.63. The minimum atomic E-state index is -0.703. The molecule has 1 unspecified atom stereocenters. The standard InChI is InChI=1S/C12H14ClF2NO/c1-8(7-13)16(2)12(17)5-9-3-4-10(14)6-11(9)15/h3-4,6,8H,5,7H2,1-2H3. The highest BCUT2D eigenvalue weighted by Crippen LogP contribution is 2.12. The predicted molar refractivity (Wildman–Crippen MR) is 63.0 cm³/mol. The third-order valence-corrected chi connectivity index (χ3v) is 3.08. The van der Waals surface area contributed by atoms with Crippen LogP contribution in [0.5, 0.6) is 0 Å². The maximum absolute atomic E-state index is 13.3. The topological polar surface area (TPSA) is 20.3 Å². The van der Waals surface area contributed by atoms with Crippen LogP contribution < -0.4 is 0 Å². The molecule has 1 rings (SSSR count). The van der Waals surface area contributed by atoms with Crippen molar-refractivity contribution in [1.82, 2.24) is 4.90 Å². The summed E-state index contributed by atoms with van der Waals surface area (Å²) in [6, 6.07) is 3.07. The fourth-order valence-corrected chi connectivity index (χ4v) is 1.51. The van der Waals surface area contributed by atoms with Crippen LogP contribution in [0.2, 0.25) is 0 Å². The maximum atomic E-state index is 13.3. The molecule has 0 heterocycles. The van der Waals surface area contributed by atoms with E-state index in [0.29, 0.717) is 5.88 Å². The summed E-state index contributed by atoms with van der Waals surface area (Å²) in [5.41, 5.74) is 0.185. The van der Waals surface area contributed by atoms with E-state index in [1.807, 2.05) is 0 Å². The lowest BCUT2D eigenvalue weighted by atomic mass is 10.1. The van der Waals surface area contributed by atoms with Gasteiger partial charge in [0, 0.05) is 25.0 Å². The lowest BCUT2D eigenvalue weighted by Gasteiger charge is -2.23. The van der Waals surface area contributed by atoms with Crippen LogP contribution in [0.3, 0.4) is 0 Å². The van der Waals surface area contributed by atoms with Crippen molar-refractivity contribution in [1.29, 1.82) is 0 Å². The largest absolute Gasteiger partial charge is 0.342 e. The van der Waals surface area contributed by atoms with E-state index in [1.165, 1.54) is 11.0 Å². The summed E-state index contributed by atoms with van der Waals surface area (Å²) in [6.45, 7) is 1.80. The SMILES string of the molecule is CC(CCl)N(C)C(=O)Cc1ccc(F)cc1F. The molecule has 0 aromatic heterocycles. The molecule has 94 valence electrons. The first kappa shape index (κ1) is 13.9. The van der Waals surface area contributed by atoms with Gasteiger partial charge in [-0.25, -0.2) is 8.78 Å². The zero-order valence-electron chi connectivity index (χ0n) is 9.71. The zero-order valence-corrected chi connectivity index (χ0v) is 10.5. The summed E-state index contributed by atoms with van der Waals surface area (Å²) in [7, 11) is 1.61. The maximum Gasteiger partial charge on any atom is 0.227 e. The van der Waals surface area contributed by atoms with E-state index < -0.39 is 11.6 Å². The van der Waals surface area contributed by atoms with E-state index in [0.717, 1.165) is 12.1 Å². The van der Waals surface area contributed by atoms with Crippen LogP contribution >= 0.6 is 11.6 Å². The van der Waals surface area contributed by atoms with Gasteiger partial charge in [0.15, 0.2) is 0 Å². The molecule has 0 spiro atoms. The molecule has 0 radical (unpaired) electrons. The zero-order chi connectivity index (χ0) is 13.0. The van der Waals surface area contributed by atoms with E-state index >= 15 is 0 Å². The van der Waals surface area contributed by atoms with Crippen molar-refractivity contribution in [3.63, 3.8) is 0 Å². The van der Waals surface area contributed by atoms with Gasteiger partial charge in [-0.3, -0.25) is 4.79 Å². The summed E-state index contributed by atoms with van der Waals surface area (Å²) >= 11 is 5.63. The Kier molecular flexibility index (Phi) is 4.87. The van der Waals surface area contributed by atoms with Gasteiger partial charge in [-0.2, -0.15) is 0 Å². The summed E-state index contributed by atoms with van der Waals surface area (Å²) < 4.78 is 26.0. The van der Waals surface area contributed by atoms with E-state index in [9.17, 15) is 13.6 Å². The molecule has 0 N–H and O–H groups in total. The number of hydrogen-bond donors (Lipinski definition) is 0. The molecule has 0 aliphatic rings. The molecular weight excluding hydrogens is 248 g/mol. The lowest BCUT2D eigenvalue weighted by Crippen LogP contribution is -2.37. The number of carbonyl (C=O) groups is 1. The van der Waals surface area contributed by atoms with Gasteiger partial charge in [0.2, 0.25) is 5.91 Å². The Bertz CT molecular complexity index is 411. The minimum Gasteiger partial charge on any atom is -0.342 e. The number of benzene rings is 1. The van der Waals surface area contributed by atoms with E-state index in [-0.39, 0.29) is 23.9 Å². The Morgan fingerprint density at radius 3 is 2.65 bits per heavy atom. The molecular formula is C12H14ClF2NO. The van der Waals surface area contributed by atoms with E-state index in [4.69, 9.17) is 11.6 Å². The molecule has 0 bridgehead atoms. The molecule has 1 aromatic rings. The Labute approximate surface area is 104 Å². The van der Waals surface area contributed by atoms with Crippen LogP contribution in [0, 0.1) is 11.6 Å². The van der Waals surface area contributed by atoms with Crippen LogP contribution in [0.15, 0.2) is 18.2 Å². The van der Waals surface area contributed by atoms with Gasteiger partial charge in [0.1, 0.15) is 11.6 Å². The van der Waals surface area contributed by atoms with Crippen molar-refractivity contribution >= 4 is 17.5 Å². The minimum absolute atomic E-state index is 0.0934. The van der Waals surface area contributed by atoms with Crippen LogP contribution in [0.25, 0.3) is 0 Å². The average molecular weight is 262 g/mol. The molecule has 2 nitrogen and oxygen atoms in total. The Hall–Kier alpha value is -1.16. The van der Waals surface area contributed by atoms with Crippen molar-refractivity contribution < 1.29 is 13.6 Å². The van der Waals surface area contributed by atoms with Gasteiger partial charge < -0.3 is 4.90 Å². The first-order valence-corrected chi connectivity index (χ1v) is 5.74. The molecule has 0 aliphatic heterocycles. The highest BCUT2D eigenvalue weighted by Gasteiger charge is 2.16. The number of alkyl halides is 1. The average Bonchev–Trinajstić information content (AvgIpc) is 2.30. The number of nitrogens with zero attached hydrogens (tertiary/aromatic N) is 1. The molecule has 0 saturated heterocycles. The van der Waals surface area contributed by atoms with Gasteiger partial charge in [0.25, 0.3) is 0 Å². The van der Waals surface area contributed by atoms with Crippen LogP contribution in [-0.2, 0) is 11.2 Å². The lowest BCUT2D eigenvalue weighted by molar-refractivity contribution is -0.130. The van der Waals surface area contributed by atoms with Crippen molar-refractivity contribution in [3.8, 4) is 0 Å². The fourth-order valence-electron chi connectivity index (χ4n) is 1.30. The number of halogens is 3. The second-order valence-electron chi connectivity index (χ2n) is 3.92. The molecule has 0 aliphatic carbocycles. The molecule has 1 aromatic carbocycles. The second kappa shape index (κ2) is 5.96. The predicted octanol–water partition coefficient (Wildman–Crippen LogP) is 2.59. The number of carbonyl (C=O) groups excluding carboxylic acids is 1. The van der Waals surface area contributed by atoms with Crippen LogP contribution in [0.1, 0.15) is 12.5 Å². The number of amides is 1. The Morgan fingerprint density at radius 2 is 2.12 bits per heavy atom. The molecule has 5 heteroatoms. The third kappa shape index (κ3) is 3.66. The van der Waals surface area contributed by atoms with Crippen molar-refractivity contribution in [2.24, 2.45) is 0 Å². The van der Waals surface area contributed by atoms with E-state index in [2.05, 4.69) is 0 Å². The quantitative estimate of drug-likeness (QED) is 0.763. The summed E-state index contributed by atoms with van der Waals surface area (Å²) in [4.78, 5) is 13.2. The van der Waals surface area contributed by atoms with Crippen LogP contribution in [0.4, 0.5) is 8.78 Å². The monoisotopic (exact) mass is 261 g/mol. The first-order chi connectivity index (χ1) is 7.95. The first-order valence-electron chi connectivity index (χ1n) is 5.21. The Balaban J connectivity index is 2.74. The molecule has 17 heavy (non-hydrogen) atoms. The second-order valence-corrected chi connectivity index (χ2v) is 4.23. The van der Waals surface area contributed by atoms with Gasteiger partial charge in [-0.15, -0.1) is 11.6 Å². The van der Waals surface area contributed by atoms with Crippen molar-refractivity contribution in [2.75, 3.05) is 12.9 Å². The highest BCUT2D eigenvalue weighted by atomic mass is 35.5. The van der Waals surface area contributed by atoms with Crippen LogP contribution in [-0.4, -0.2) is 29.8 Å². The number of likely N-dealkylation sites (N-methyl/N-ethyl adjacent to an activating group) is 1. The number of hydrogen-bond acceptors (Lipinski definition) is 1. The normalized spacial score (nSPS) is 12.3. The molecule has 1 amide bonds. The Morgan fingerprint density at radius 1 is 1.47 bits per heavy atom. The summed E-state index contributed by atoms with van der Waals surface area (Å²) in [6.07, 6.45) is -0.0934. The smallest absolute Gasteiger partial charge is 0.227 e. The van der Waals surface area contributed by atoms with Crippen molar-refractivity contribution in [3.05, 3.63) is 35.4 Å². The fraction of sp³-hybridized carbons (Fsp3) is 0.417. The molecule has 0 fully saturated rings. The van der Waals surface area contributed by atoms with Gasteiger partial charge in [-0.05, 0) is 18.6 Å². The van der Waals surface area contributed by atoms with Crippen molar-refractivity contribution in [2.45, 2.75) is 19.4 Å². The molecule has 0 saturated carbocycles. The van der Waals surface area contributed by atoms with Gasteiger partial charge in [-0.1, -0.05) is 6.07 Å². The van der Waals surface area contributed by atoms with Gasteiger partial charge in [0.05, 0.1) is 6.42 Å². The summed E-state index contributed by atoms with van der Waals surface area (Å²) in [5, 5.41) is 0. The number of rotatable bonds is 4.